The second-order valence-electron chi connectivity index (χ2n) is 5.34. The standard InChI is InChI=1S/C18H20N2O3/c1-14(18(22)23-2)12-20(13-15-7-6-10-19-11-15)17(21)16-8-4-3-5-9-16/h3-11,14H,12-13H2,1-2H3. The van der Waals surface area contributed by atoms with Crippen LogP contribution in [0.25, 0.3) is 0 Å². The number of benzene rings is 1. The molecule has 0 spiro atoms. The van der Waals surface area contributed by atoms with Gasteiger partial charge in [-0.05, 0) is 23.8 Å². The van der Waals surface area contributed by atoms with Gasteiger partial charge in [0, 0.05) is 31.0 Å². The summed E-state index contributed by atoms with van der Waals surface area (Å²) in [5, 5.41) is 0. The van der Waals surface area contributed by atoms with Crippen molar-refractivity contribution in [2.24, 2.45) is 5.92 Å². The number of pyridine rings is 1. The third-order valence-corrected chi connectivity index (χ3v) is 3.50. The van der Waals surface area contributed by atoms with Crippen LogP contribution in [0, 0.1) is 5.92 Å². The Morgan fingerprint density at radius 1 is 1.17 bits per heavy atom. The van der Waals surface area contributed by atoms with Crippen molar-refractivity contribution in [1.82, 2.24) is 9.88 Å². The van der Waals surface area contributed by atoms with E-state index in [-0.39, 0.29) is 18.4 Å². The van der Waals surface area contributed by atoms with Crippen LogP contribution in [-0.2, 0) is 16.1 Å². The highest BCUT2D eigenvalue weighted by atomic mass is 16.5. The summed E-state index contributed by atoms with van der Waals surface area (Å²) in [7, 11) is 1.35. The maximum absolute atomic E-state index is 12.7. The molecule has 120 valence electrons. The zero-order valence-electron chi connectivity index (χ0n) is 13.3. The summed E-state index contributed by atoms with van der Waals surface area (Å²) in [6.07, 6.45) is 3.40. The maximum atomic E-state index is 12.7. The van der Waals surface area contributed by atoms with E-state index in [4.69, 9.17) is 4.74 Å². The van der Waals surface area contributed by atoms with Crippen LogP contribution < -0.4 is 0 Å². The number of hydrogen-bond acceptors (Lipinski definition) is 4. The summed E-state index contributed by atoms with van der Waals surface area (Å²) >= 11 is 0. The van der Waals surface area contributed by atoms with Gasteiger partial charge in [0.2, 0.25) is 0 Å². The van der Waals surface area contributed by atoms with Gasteiger partial charge in [-0.15, -0.1) is 0 Å². The number of carbonyl (C=O) groups excluding carboxylic acids is 2. The van der Waals surface area contributed by atoms with Gasteiger partial charge in [-0.25, -0.2) is 0 Å². The minimum Gasteiger partial charge on any atom is -0.469 e. The molecule has 1 amide bonds. The minimum absolute atomic E-state index is 0.120. The van der Waals surface area contributed by atoms with Crippen molar-refractivity contribution in [3.8, 4) is 0 Å². The average molecular weight is 312 g/mol. The molecular weight excluding hydrogens is 292 g/mol. The van der Waals surface area contributed by atoms with Crippen molar-refractivity contribution in [2.45, 2.75) is 13.5 Å². The first-order valence-corrected chi connectivity index (χ1v) is 7.43. The van der Waals surface area contributed by atoms with E-state index in [1.807, 2.05) is 30.3 Å². The van der Waals surface area contributed by atoms with E-state index in [2.05, 4.69) is 4.98 Å². The summed E-state index contributed by atoms with van der Waals surface area (Å²) in [5.41, 5.74) is 1.50. The van der Waals surface area contributed by atoms with Crippen molar-refractivity contribution in [2.75, 3.05) is 13.7 Å². The van der Waals surface area contributed by atoms with Crippen molar-refractivity contribution >= 4 is 11.9 Å². The topological polar surface area (TPSA) is 59.5 Å². The number of nitrogens with zero attached hydrogens (tertiary/aromatic N) is 2. The van der Waals surface area contributed by atoms with Gasteiger partial charge >= 0.3 is 5.97 Å². The summed E-state index contributed by atoms with van der Waals surface area (Å²) in [6, 6.07) is 12.8. The lowest BCUT2D eigenvalue weighted by atomic mass is 10.1. The molecule has 0 saturated carbocycles. The summed E-state index contributed by atoms with van der Waals surface area (Å²) in [5.74, 6) is -0.850. The van der Waals surface area contributed by atoms with E-state index in [1.54, 1.807) is 36.4 Å². The Labute approximate surface area is 135 Å². The van der Waals surface area contributed by atoms with Crippen molar-refractivity contribution < 1.29 is 14.3 Å². The number of carbonyl (C=O) groups is 2. The first-order chi connectivity index (χ1) is 11.1. The Bertz CT molecular complexity index is 644. The first-order valence-electron chi connectivity index (χ1n) is 7.43. The Kier molecular flexibility index (Phi) is 5.86. The molecule has 5 heteroatoms. The molecule has 0 bridgehead atoms. The van der Waals surface area contributed by atoms with Crippen LogP contribution in [0.1, 0.15) is 22.8 Å². The Morgan fingerprint density at radius 2 is 1.91 bits per heavy atom. The molecule has 1 aromatic heterocycles. The van der Waals surface area contributed by atoms with Crippen molar-refractivity contribution in [1.29, 1.82) is 0 Å². The number of esters is 1. The number of ether oxygens (including phenoxy) is 1. The first kappa shape index (κ1) is 16.7. The summed E-state index contributed by atoms with van der Waals surface area (Å²) in [4.78, 5) is 30.2. The van der Waals surface area contributed by atoms with Crippen molar-refractivity contribution in [3.05, 3.63) is 66.0 Å². The molecule has 0 N–H and O–H groups in total. The molecule has 5 nitrogen and oxygen atoms in total. The molecule has 1 atom stereocenters. The van der Waals surface area contributed by atoms with E-state index >= 15 is 0 Å². The van der Waals surface area contributed by atoms with Crippen molar-refractivity contribution in [3.63, 3.8) is 0 Å². The predicted octanol–water partition coefficient (Wildman–Crippen LogP) is 2.53. The van der Waals surface area contributed by atoms with Crippen LogP contribution in [-0.4, -0.2) is 35.4 Å². The van der Waals surface area contributed by atoms with Crippen LogP contribution in [0.5, 0.6) is 0 Å². The molecule has 0 fully saturated rings. The van der Waals surface area contributed by atoms with Crippen LogP contribution in [0.15, 0.2) is 54.9 Å². The van der Waals surface area contributed by atoms with E-state index in [1.165, 1.54) is 7.11 Å². The van der Waals surface area contributed by atoms with Crippen LogP contribution >= 0.6 is 0 Å². The Morgan fingerprint density at radius 3 is 2.52 bits per heavy atom. The molecule has 2 aromatic rings. The maximum Gasteiger partial charge on any atom is 0.310 e. The zero-order valence-corrected chi connectivity index (χ0v) is 13.3. The molecule has 1 unspecified atom stereocenters. The number of aromatic nitrogens is 1. The fourth-order valence-corrected chi connectivity index (χ4v) is 2.30. The SMILES string of the molecule is COC(=O)C(C)CN(Cc1cccnc1)C(=O)c1ccccc1. The molecule has 0 saturated heterocycles. The molecular formula is C18H20N2O3. The molecule has 2 rings (SSSR count). The lowest BCUT2D eigenvalue weighted by Gasteiger charge is -2.25. The lowest BCUT2D eigenvalue weighted by molar-refractivity contribution is -0.145. The highest BCUT2D eigenvalue weighted by Crippen LogP contribution is 2.13. The Balaban J connectivity index is 2.20. The normalized spacial score (nSPS) is 11.6. The number of amides is 1. The third-order valence-electron chi connectivity index (χ3n) is 3.50. The van der Waals surface area contributed by atoms with E-state index < -0.39 is 5.92 Å². The third kappa shape index (κ3) is 4.64. The quantitative estimate of drug-likeness (QED) is 0.769. The molecule has 0 aliphatic carbocycles. The highest BCUT2D eigenvalue weighted by molar-refractivity contribution is 5.94. The molecule has 0 radical (unpaired) electrons. The monoisotopic (exact) mass is 312 g/mol. The van der Waals surface area contributed by atoms with Crippen LogP contribution in [0.4, 0.5) is 0 Å². The molecule has 1 aromatic carbocycles. The molecule has 1 heterocycles. The van der Waals surface area contributed by atoms with Gasteiger partial charge in [-0.3, -0.25) is 14.6 Å². The predicted molar refractivity (Wildman–Crippen MR) is 86.6 cm³/mol. The summed E-state index contributed by atoms with van der Waals surface area (Å²) < 4.78 is 4.76. The fourth-order valence-electron chi connectivity index (χ4n) is 2.30. The van der Waals surface area contributed by atoms with Crippen LogP contribution in [0.2, 0.25) is 0 Å². The van der Waals surface area contributed by atoms with Gasteiger partial charge in [0.25, 0.3) is 5.91 Å². The lowest BCUT2D eigenvalue weighted by Crippen LogP contribution is -2.36. The second-order valence-corrected chi connectivity index (χ2v) is 5.34. The molecule has 23 heavy (non-hydrogen) atoms. The van der Waals surface area contributed by atoms with Gasteiger partial charge in [0.15, 0.2) is 0 Å². The number of hydrogen-bond donors (Lipinski definition) is 0. The van der Waals surface area contributed by atoms with Gasteiger partial charge in [-0.1, -0.05) is 31.2 Å². The molecule has 0 aliphatic rings. The summed E-state index contributed by atoms with van der Waals surface area (Å²) in [6.45, 7) is 2.43. The van der Waals surface area contributed by atoms with Gasteiger partial charge in [0.1, 0.15) is 0 Å². The van der Waals surface area contributed by atoms with Gasteiger partial charge < -0.3 is 9.64 Å². The number of rotatable bonds is 6. The minimum atomic E-state index is -0.399. The highest BCUT2D eigenvalue weighted by Gasteiger charge is 2.22. The Hall–Kier alpha value is -2.69. The van der Waals surface area contributed by atoms with E-state index in [0.717, 1.165) is 5.56 Å². The van der Waals surface area contributed by atoms with E-state index in [9.17, 15) is 9.59 Å². The van der Waals surface area contributed by atoms with Crippen LogP contribution in [0.3, 0.4) is 0 Å². The second kappa shape index (κ2) is 8.08. The van der Waals surface area contributed by atoms with Gasteiger partial charge in [-0.2, -0.15) is 0 Å². The zero-order chi connectivity index (χ0) is 16.7. The van der Waals surface area contributed by atoms with Gasteiger partial charge in [0.05, 0.1) is 13.0 Å². The fraction of sp³-hybridized carbons (Fsp3) is 0.278. The molecule has 0 aliphatic heterocycles. The average Bonchev–Trinajstić information content (AvgIpc) is 2.61. The smallest absolute Gasteiger partial charge is 0.310 e. The largest absolute Gasteiger partial charge is 0.469 e. The number of methoxy groups -OCH3 is 1. The van der Waals surface area contributed by atoms with E-state index in [0.29, 0.717) is 12.1 Å².